The Labute approximate surface area is 90.4 Å². The molecule has 0 aliphatic heterocycles. The van der Waals surface area contributed by atoms with Crippen LogP contribution in [0, 0.1) is 12.7 Å². The number of hydrogen-bond acceptors (Lipinski definition) is 4. The molecule has 2 aromatic rings. The van der Waals surface area contributed by atoms with E-state index < -0.39 is 6.10 Å². The van der Waals surface area contributed by atoms with E-state index in [2.05, 4.69) is 9.59 Å². The van der Waals surface area contributed by atoms with Crippen LogP contribution in [-0.4, -0.2) is 14.7 Å². The minimum atomic E-state index is -0.904. The molecule has 0 aliphatic rings. The van der Waals surface area contributed by atoms with E-state index >= 15 is 0 Å². The fourth-order valence-electron chi connectivity index (χ4n) is 1.38. The molecule has 0 saturated carbocycles. The maximum Gasteiger partial charge on any atom is 0.124 e. The first-order valence-corrected chi connectivity index (χ1v) is 5.22. The van der Waals surface area contributed by atoms with Crippen molar-refractivity contribution < 1.29 is 9.50 Å². The first-order valence-electron chi connectivity index (χ1n) is 4.39. The van der Waals surface area contributed by atoms with Crippen molar-refractivity contribution >= 4 is 11.5 Å². The molecule has 3 nitrogen and oxygen atoms in total. The van der Waals surface area contributed by atoms with Crippen molar-refractivity contribution in [1.82, 2.24) is 9.59 Å². The highest BCUT2D eigenvalue weighted by atomic mass is 32.1. The molecule has 2 rings (SSSR count). The average molecular weight is 224 g/mol. The van der Waals surface area contributed by atoms with Gasteiger partial charge >= 0.3 is 0 Å². The van der Waals surface area contributed by atoms with E-state index in [0.717, 1.165) is 17.1 Å². The molecule has 5 heteroatoms. The minimum absolute atomic E-state index is 0.354. The number of aliphatic hydroxyl groups is 1. The standard InChI is InChI=1S/C10H9FN2OS/c1-6-2-7(4-8(11)3-6)10(14)9-5-15-13-12-9/h2-5,10,14H,1H3. The lowest BCUT2D eigenvalue weighted by Gasteiger charge is -2.08. The Bertz CT molecular complexity index is 438. The number of aryl methyl sites for hydroxylation is 1. The van der Waals surface area contributed by atoms with Gasteiger partial charge in [0.05, 0.1) is 0 Å². The molecule has 0 bridgehead atoms. The fraction of sp³-hybridized carbons (Fsp3) is 0.200. The van der Waals surface area contributed by atoms with Gasteiger partial charge in [-0.2, -0.15) is 0 Å². The Morgan fingerprint density at radius 1 is 1.40 bits per heavy atom. The second kappa shape index (κ2) is 4.04. The quantitative estimate of drug-likeness (QED) is 0.849. The maximum absolute atomic E-state index is 13.1. The molecule has 0 aliphatic carbocycles. The van der Waals surface area contributed by atoms with Gasteiger partial charge in [-0.05, 0) is 41.7 Å². The molecule has 1 N–H and O–H groups in total. The summed E-state index contributed by atoms with van der Waals surface area (Å²) >= 11 is 1.16. The highest BCUT2D eigenvalue weighted by Gasteiger charge is 2.14. The van der Waals surface area contributed by atoms with Gasteiger partial charge in [-0.15, -0.1) is 5.10 Å². The summed E-state index contributed by atoms with van der Waals surface area (Å²) in [6.07, 6.45) is -0.904. The summed E-state index contributed by atoms with van der Waals surface area (Å²) in [5.41, 5.74) is 1.72. The van der Waals surface area contributed by atoms with E-state index in [4.69, 9.17) is 0 Å². The lowest BCUT2D eigenvalue weighted by Crippen LogP contribution is -2.01. The third-order valence-electron chi connectivity index (χ3n) is 2.04. The summed E-state index contributed by atoms with van der Waals surface area (Å²) in [5, 5.41) is 15.3. The molecule has 1 unspecified atom stereocenters. The monoisotopic (exact) mass is 224 g/mol. The van der Waals surface area contributed by atoms with Gasteiger partial charge in [-0.25, -0.2) is 4.39 Å². The van der Waals surface area contributed by atoms with Crippen molar-refractivity contribution in [3.05, 3.63) is 46.2 Å². The van der Waals surface area contributed by atoms with E-state index in [1.54, 1.807) is 18.4 Å². The molecule has 0 spiro atoms. The smallest absolute Gasteiger partial charge is 0.124 e. The molecule has 0 radical (unpaired) electrons. The van der Waals surface area contributed by atoms with E-state index in [9.17, 15) is 9.50 Å². The van der Waals surface area contributed by atoms with Crippen molar-refractivity contribution in [2.24, 2.45) is 0 Å². The highest BCUT2D eigenvalue weighted by Crippen LogP contribution is 2.22. The number of halogens is 1. The van der Waals surface area contributed by atoms with Gasteiger partial charge in [-0.1, -0.05) is 10.6 Å². The summed E-state index contributed by atoms with van der Waals surface area (Å²) in [6, 6.07) is 4.44. The molecular formula is C10H9FN2OS. The zero-order valence-corrected chi connectivity index (χ0v) is 8.83. The Hall–Kier alpha value is -1.33. The Morgan fingerprint density at radius 3 is 2.80 bits per heavy atom. The summed E-state index contributed by atoms with van der Waals surface area (Å²) in [7, 11) is 0. The van der Waals surface area contributed by atoms with Gasteiger partial charge in [0.2, 0.25) is 0 Å². The highest BCUT2D eigenvalue weighted by molar-refractivity contribution is 7.03. The summed E-state index contributed by atoms with van der Waals surface area (Å²) < 4.78 is 16.7. The predicted molar refractivity (Wildman–Crippen MR) is 55.1 cm³/mol. The third-order valence-corrected chi connectivity index (χ3v) is 2.56. The van der Waals surface area contributed by atoms with Crippen LogP contribution in [0.15, 0.2) is 23.6 Å². The van der Waals surface area contributed by atoms with Crippen LogP contribution in [0.3, 0.4) is 0 Å². The van der Waals surface area contributed by atoms with Crippen LogP contribution in [0.5, 0.6) is 0 Å². The van der Waals surface area contributed by atoms with Crippen LogP contribution in [0.4, 0.5) is 4.39 Å². The van der Waals surface area contributed by atoms with Gasteiger partial charge < -0.3 is 5.11 Å². The number of aromatic nitrogens is 2. The maximum atomic E-state index is 13.1. The van der Waals surface area contributed by atoms with E-state index in [1.807, 2.05) is 0 Å². The van der Waals surface area contributed by atoms with Gasteiger partial charge in [-0.3, -0.25) is 0 Å². The van der Waals surface area contributed by atoms with Crippen LogP contribution in [0.25, 0.3) is 0 Å². The lowest BCUT2D eigenvalue weighted by molar-refractivity contribution is 0.214. The molecule has 1 aromatic heterocycles. The van der Waals surface area contributed by atoms with E-state index in [1.165, 1.54) is 12.1 Å². The van der Waals surface area contributed by atoms with Gasteiger partial charge in [0, 0.05) is 5.38 Å². The number of aliphatic hydroxyl groups excluding tert-OH is 1. The van der Waals surface area contributed by atoms with Gasteiger partial charge in [0.25, 0.3) is 0 Å². The first kappa shape index (κ1) is 10.2. The number of hydrogen-bond donors (Lipinski definition) is 1. The summed E-state index contributed by atoms with van der Waals surface area (Å²) in [4.78, 5) is 0. The van der Waals surface area contributed by atoms with Crippen LogP contribution < -0.4 is 0 Å². The van der Waals surface area contributed by atoms with Crippen molar-refractivity contribution in [3.8, 4) is 0 Å². The fourth-order valence-corrected chi connectivity index (χ4v) is 1.86. The van der Waals surface area contributed by atoms with E-state index in [-0.39, 0.29) is 5.82 Å². The Balaban J connectivity index is 2.37. The minimum Gasteiger partial charge on any atom is -0.382 e. The SMILES string of the molecule is Cc1cc(F)cc(C(O)c2csnn2)c1. The van der Waals surface area contributed by atoms with Crippen molar-refractivity contribution in [2.75, 3.05) is 0 Å². The Kier molecular flexibility index (Phi) is 2.75. The molecule has 0 saturated heterocycles. The third kappa shape index (κ3) is 2.19. The second-order valence-electron chi connectivity index (χ2n) is 3.29. The predicted octanol–water partition coefficient (Wildman–Crippen LogP) is 2.07. The summed E-state index contributed by atoms with van der Waals surface area (Å²) in [6.45, 7) is 1.78. The zero-order chi connectivity index (χ0) is 10.8. The normalized spacial score (nSPS) is 12.7. The Morgan fingerprint density at radius 2 is 2.20 bits per heavy atom. The van der Waals surface area contributed by atoms with Crippen LogP contribution >= 0.6 is 11.5 Å². The topological polar surface area (TPSA) is 46.0 Å². The molecule has 0 fully saturated rings. The average Bonchev–Trinajstić information content (AvgIpc) is 2.67. The molecule has 15 heavy (non-hydrogen) atoms. The molecule has 1 atom stereocenters. The van der Waals surface area contributed by atoms with Crippen LogP contribution in [-0.2, 0) is 0 Å². The van der Waals surface area contributed by atoms with Crippen LogP contribution in [0.1, 0.15) is 22.9 Å². The molecule has 1 heterocycles. The van der Waals surface area contributed by atoms with Crippen molar-refractivity contribution in [1.29, 1.82) is 0 Å². The number of benzene rings is 1. The lowest BCUT2D eigenvalue weighted by atomic mass is 10.0. The van der Waals surface area contributed by atoms with Crippen molar-refractivity contribution in [3.63, 3.8) is 0 Å². The van der Waals surface area contributed by atoms with Gasteiger partial charge in [0.15, 0.2) is 0 Å². The summed E-state index contributed by atoms with van der Waals surface area (Å²) in [5.74, 6) is -0.354. The second-order valence-corrected chi connectivity index (χ2v) is 3.90. The van der Waals surface area contributed by atoms with Crippen molar-refractivity contribution in [2.45, 2.75) is 13.0 Å². The molecular weight excluding hydrogens is 215 g/mol. The van der Waals surface area contributed by atoms with Gasteiger partial charge in [0.1, 0.15) is 17.6 Å². The van der Waals surface area contributed by atoms with Crippen LogP contribution in [0.2, 0.25) is 0 Å². The number of rotatable bonds is 2. The van der Waals surface area contributed by atoms with E-state index in [0.29, 0.717) is 11.3 Å². The largest absolute Gasteiger partial charge is 0.382 e. The molecule has 0 amide bonds. The molecule has 1 aromatic carbocycles. The number of nitrogens with zero attached hydrogens (tertiary/aromatic N) is 2. The molecule has 78 valence electrons. The first-order chi connectivity index (χ1) is 7.16. The zero-order valence-electron chi connectivity index (χ0n) is 8.01.